The molecule has 0 aromatic heterocycles. The Morgan fingerprint density at radius 1 is 1.00 bits per heavy atom. The van der Waals surface area contributed by atoms with Crippen LogP contribution in [0.3, 0.4) is 0 Å². The number of amides is 1. The lowest BCUT2D eigenvalue weighted by Gasteiger charge is -2.22. The molecule has 5 nitrogen and oxygen atoms in total. The van der Waals surface area contributed by atoms with Gasteiger partial charge in [0, 0.05) is 48.7 Å². The first-order valence-electron chi connectivity index (χ1n) is 9.45. The Morgan fingerprint density at radius 3 is 2.22 bits per heavy atom. The summed E-state index contributed by atoms with van der Waals surface area (Å²) in [6, 6.07) is 13.4. The number of nitrogens with one attached hydrogen (secondary N) is 2. The van der Waals surface area contributed by atoms with E-state index in [4.69, 9.17) is 0 Å². The fourth-order valence-corrected chi connectivity index (χ4v) is 2.93. The second kappa shape index (κ2) is 9.76. The molecule has 0 radical (unpaired) electrons. The Morgan fingerprint density at radius 2 is 1.67 bits per heavy atom. The molecule has 2 N–H and O–H groups in total. The van der Waals surface area contributed by atoms with E-state index >= 15 is 0 Å². The fraction of sp³-hybridized carbons (Fsp3) is 0.364. The Hall–Kier alpha value is -2.82. The highest BCUT2D eigenvalue weighted by Gasteiger charge is 2.08. The molecule has 0 heterocycles. The lowest BCUT2D eigenvalue weighted by Crippen LogP contribution is -2.22. The zero-order valence-corrected chi connectivity index (χ0v) is 16.6. The maximum Gasteiger partial charge on any atom is 0.226 e. The van der Waals surface area contributed by atoms with Crippen LogP contribution >= 0.6 is 0 Å². The van der Waals surface area contributed by atoms with Crippen molar-refractivity contribution in [3.8, 4) is 0 Å². The number of aryl methyl sites for hydroxylation is 1. The molecule has 0 fully saturated rings. The van der Waals surface area contributed by atoms with Crippen LogP contribution in [0.4, 0.5) is 17.1 Å². The number of ketones is 1. The summed E-state index contributed by atoms with van der Waals surface area (Å²) in [5.41, 5.74) is 4.66. The maximum absolute atomic E-state index is 12.2. The normalized spacial score (nSPS) is 10.4. The van der Waals surface area contributed by atoms with E-state index in [1.54, 1.807) is 19.1 Å². The first-order chi connectivity index (χ1) is 12.9. The average Bonchev–Trinajstić information content (AvgIpc) is 2.65. The van der Waals surface area contributed by atoms with Crippen molar-refractivity contribution in [2.45, 2.75) is 34.1 Å². The van der Waals surface area contributed by atoms with Crippen LogP contribution in [-0.4, -0.2) is 31.3 Å². The number of anilines is 3. The summed E-state index contributed by atoms with van der Waals surface area (Å²) in [4.78, 5) is 25.8. The van der Waals surface area contributed by atoms with Crippen LogP contribution in [0.25, 0.3) is 0 Å². The molecule has 2 rings (SSSR count). The molecule has 0 bridgehead atoms. The first kappa shape index (κ1) is 20.5. The van der Waals surface area contributed by atoms with Gasteiger partial charge in [-0.3, -0.25) is 9.59 Å². The molecular formula is C22H29N3O2. The first-order valence-corrected chi connectivity index (χ1v) is 9.45. The lowest BCUT2D eigenvalue weighted by molar-refractivity contribution is -0.115. The van der Waals surface area contributed by atoms with E-state index < -0.39 is 0 Å². The molecule has 5 heteroatoms. The molecule has 2 aromatic rings. The monoisotopic (exact) mass is 367 g/mol. The predicted octanol–water partition coefficient (Wildman–Crippen LogP) is 4.48. The van der Waals surface area contributed by atoms with E-state index in [2.05, 4.69) is 35.4 Å². The second-order valence-corrected chi connectivity index (χ2v) is 6.53. The van der Waals surface area contributed by atoms with Gasteiger partial charge in [-0.1, -0.05) is 0 Å². The van der Waals surface area contributed by atoms with Crippen molar-refractivity contribution in [3.63, 3.8) is 0 Å². The molecule has 0 unspecified atom stereocenters. The summed E-state index contributed by atoms with van der Waals surface area (Å²) in [7, 11) is 0. The van der Waals surface area contributed by atoms with Gasteiger partial charge in [-0.05, 0) is 75.7 Å². The number of Topliss-reactive ketones (excluding diaryl/α,β-unsaturated/α-hetero) is 1. The predicted molar refractivity (Wildman–Crippen MR) is 113 cm³/mol. The molecular weight excluding hydrogens is 338 g/mol. The number of hydrogen-bond donors (Lipinski definition) is 2. The fourth-order valence-electron chi connectivity index (χ4n) is 2.93. The highest BCUT2D eigenvalue weighted by Crippen LogP contribution is 2.22. The number of benzene rings is 2. The number of carbonyl (C=O) groups excluding carboxylic acids is 2. The van der Waals surface area contributed by atoms with E-state index in [-0.39, 0.29) is 11.7 Å². The summed E-state index contributed by atoms with van der Waals surface area (Å²) in [6.07, 6.45) is 0.367. The zero-order chi connectivity index (χ0) is 19.8. The van der Waals surface area contributed by atoms with Crippen LogP contribution in [0.5, 0.6) is 0 Å². The Kier molecular flexibility index (Phi) is 7.41. The van der Waals surface area contributed by atoms with Crippen LogP contribution in [0.2, 0.25) is 0 Å². The molecule has 1 amide bonds. The largest absolute Gasteiger partial charge is 0.385 e. The number of nitrogens with zero attached hydrogens (tertiary/aromatic N) is 1. The van der Waals surface area contributed by atoms with Gasteiger partial charge in [0.1, 0.15) is 0 Å². The van der Waals surface area contributed by atoms with Crippen molar-refractivity contribution in [1.82, 2.24) is 0 Å². The van der Waals surface area contributed by atoms with Crippen molar-refractivity contribution < 1.29 is 9.59 Å². The van der Waals surface area contributed by atoms with Crippen LogP contribution < -0.4 is 15.5 Å². The van der Waals surface area contributed by atoms with Gasteiger partial charge in [-0.15, -0.1) is 0 Å². The maximum atomic E-state index is 12.2. The van der Waals surface area contributed by atoms with E-state index in [0.717, 1.165) is 30.0 Å². The van der Waals surface area contributed by atoms with Crippen LogP contribution in [-0.2, 0) is 4.79 Å². The third kappa shape index (κ3) is 5.84. The molecule has 0 spiro atoms. The summed E-state index contributed by atoms with van der Waals surface area (Å²) in [5, 5.41) is 6.18. The van der Waals surface area contributed by atoms with Gasteiger partial charge in [-0.2, -0.15) is 0 Å². The van der Waals surface area contributed by atoms with E-state index in [9.17, 15) is 9.59 Å². The molecule has 27 heavy (non-hydrogen) atoms. The minimum Gasteiger partial charge on any atom is -0.385 e. The molecule has 2 aromatic carbocycles. The highest BCUT2D eigenvalue weighted by atomic mass is 16.1. The van der Waals surface area contributed by atoms with Gasteiger partial charge >= 0.3 is 0 Å². The molecule has 144 valence electrons. The van der Waals surface area contributed by atoms with Gasteiger partial charge in [-0.25, -0.2) is 0 Å². The van der Waals surface area contributed by atoms with Crippen molar-refractivity contribution in [3.05, 3.63) is 53.6 Å². The molecule has 0 aliphatic heterocycles. The van der Waals surface area contributed by atoms with Crippen LogP contribution in [0, 0.1) is 6.92 Å². The quantitative estimate of drug-likeness (QED) is 0.641. The minimum absolute atomic E-state index is 0.0263. The number of hydrogen-bond acceptors (Lipinski definition) is 4. The topological polar surface area (TPSA) is 61.4 Å². The summed E-state index contributed by atoms with van der Waals surface area (Å²) in [5.74, 6) is 0.0184. The van der Waals surface area contributed by atoms with E-state index in [1.165, 1.54) is 5.69 Å². The van der Waals surface area contributed by atoms with Gasteiger partial charge in [0.15, 0.2) is 5.78 Å². The molecule has 0 saturated carbocycles. The van der Waals surface area contributed by atoms with Gasteiger partial charge in [0.25, 0.3) is 0 Å². The van der Waals surface area contributed by atoms with Crippen molar-refractivity contribution in [2.75, 3.05) is 35.2 Å². The highest BCUT2D eigenvalue weighted by molar-refractivity contribution is 5.94. The summed E-state index contributed by atoms with van der Waals surface area (Å²) >= 11 is 0. The molecule has 0 aliphatic carbocycles. The summed E-state index contributed by atoms with van der Waals surface area (Å²) < 4.78 is 0. The second-order valence-electron chi connectivity index (χ2n) is 6.53. The number of rotatable bonds is 9. The van der Waals surface area contributed by atoms with Crippen molar-refractivity contribution >= 4 is 28.8 Å². The molecule has 0 aliphatic rings. The van der Waals surface area contributed by atoms with E-state index in [0.29, 0.717) is 18.5 Å². The van der Waals surface area contributed by atoms with E-state index in [1.807, 2.05) is 31.2 Å². The summed E-state index contributed by atoms with van der Waals surface area (Å²) in [6.45, 7) is 10.3. The Labute approximate surface area is 161 Å². The van der Waals surface area contributed by atoms with Crippen LogP contribution in [0.15, 0.2) is 42.5 Å². The van der Waals surface area contributed by atoms with Gasteiger partial charge in [0.2, 0.25) is 5.91 Å². The lowest BCUT2D eigenvalue weighted by atomic mass is 10.1. The van der Waals surface area contributed by atoms with Gasteiger partial charge < -0.3 is 15.5 Å². The average molecular weight is 367 g/mol. The standard InChI is InChI=1S/C22H29N3O2/c1-5-25(6-2)20-11-12-21(16(3)15-20)24-22(27)13-14-23-19-9-7-18(8-10-19)17(4)26/h7-12,15,23H,5-6,13-14H2,1-4H3,(H,24,27). The third-order valence-electron chi connectivity index (χ3n) is 4.59. The number of carbonyl (C=O) groups is 2. The Balaban J connectivity index is 1.85. The smallest absolute Gasteiger partial charge is 0.226 e. The van der Waals surface area contributed by atoms with Gasteiger partial charge in [0.05, 0.1) is 0 Å². The Bertz CT molecular complexity index is 781. The van der Waals surface area contributed by atoms with Crippen molar-refractivity contribution in [2.24, 2.45) is 0 Å². The van der Waals surface area contributed by atoms with Crippen LogP contribution in [0.1, 0.15) is 43.1 Å². The molecule has 0 saturated heterocycles. The molecule has 0 atom stereocenters. The zero-order valence-electron chi connectivity index (χ0n) is 16.6. The minimum atomic E-state index is -0.0263. The SMILES string of the molecule is CCN(CC)c1ccc(NC(=O)CCNc2ccc(C(C)=O)cc2)c(C)c1. The third-order valence-corrected chi connectivity index (χ3v) is 4.59. The van der Waals surface area contributed by atoms with Crippen molar-refractivity contribution in [1.29, 1.82) is 0 Å².